The normalized spacial score (nSPS) is 18.5. The molecule has 0 heterocycles. The van der Waals surface area contributed by atoms with Gasteiger partial charge in [0.1, 0.15) is 5.75 Å². The highest BCUT2D eigenvalue weighted by atomic mass is 79.9. The molecule has 1 saturated carbocycles. The number of carboxylic acids is 1. The Morgan fingerprint density at radius 3 is 2.24 bits per heavy atom. The molecule has 1 aromatic carbocycles. The van der Waals surface area contributed by atoms with Crippen LogP contribution in [0.2, 0.25) is 0 Å². The van der Waals surface area contributed by atoms with Crippen LogP contribution in [-0.2, 0) is 16.4 Å². The van der Waals surface area contributed by atoms with Crippen molar-refractivity contribution in [2.75, 3.05) is 0 Å². The van der Waals surface area contributed by atoms with E-state index in [-0.39, 0.29) is 10.0 Å². The Labute approximate surface area is 127 Å². The van der Waals surface area contributed by atoms with Crippen molar-refractivity contribution in [1.29, 1.82) is 0 Å². The van der Waals surface area contributed by atoms with Gasteiger partial charge < -0.3 is 10.2 Å². The van der Waals surface area contributed by atoms with Crippen LogP contribution in [0.15, 0.2) is 16.6 Å². The topological polar surface area (TPSA) is 57.5 Å². The summed E-state index contributed by atoms with van der Waals surface area (Å²) >= 11 is 2.89. The van der Waals surface area contributed by atoms with Gasteiger partial charge in [-0.3, -0.25) is 4.79 Å². The van der Waals surface area contributed by atoms with Gasteiger partial charge in [-0.2, -0.15) is 13.2 Å². The second-order valence-corrected chi connectivity index (χ2v) is 6.15. The maximum Gasteiger partial charge on any atom is 0.420 e. The van der Waals surface area contributed by atoms with Gasteiger partial charge in [-0.05, 0) is 46.5 Å². The molecule has 0 radical (unpaired) electrons. The number of alkyl halides is 3. The van der Waals surface area contributed by atoms with Gasteiger partial charge in [0, 0.05) is 0 Å². The second-order valence-electron chi connectivity index (χ2n) is 5.30. The average Bonchev–Trinajstić information content (AvgIpc) is 2.40. The Kier molecular flexibility index (Phi) is 4.24. The van der Waals surface area contributed by atoms with Crippen molar-refractivity contribution < 1.29 is 28.2 Å². The van der Waals surface area contributed by atoms with Crippen molar-refractivity contribution in [2.24, 2.45) is 0 Å². The molecule has 0 atom stereocenters. The van der Waals surface area contributed by atoms with Crippen LogP contribution in [-0.4, -0.2) is 16.2 Å². The molecule has 2 rings (SSSR count). The minimum absolute atomic E-state index is 0.0895. The standard InChI is InChI=1S/C14H14BrF3O3/c15-10-7-8(6-9(11(10)19)14(16,17)18)13(12(20)21)4-2-1-3-5-13/h6-7,19H,1-5H2,(H,20,21). The molecule has 0 saturated heterocycles. The summed E-state index contributed by atoms with van der Waals surface area (Å²) in [4.78, 5) is 11.7. The molecule has 2 N–H and O–H groups in total. The maximum absolute atomic E-state index is 13.0. The third-order valence-corrected chi connectivity index (χ3v) is 4.64. The Bertz CT molecular complexity index is 563. The van der Waals surface area contributed by atoms with Gasteiger partial charge in [0.2, 0.25) is 0 Å². The Balaban J connectivity index is 2.62. The number of hydrogen-bond donors (Lipinski definition) is 2. The van der Waals surface area contributed by atoms with Crippen LogP contribution < -0.4 is 0 Å². The zero-order valence-electron chi connectivity index (χ0n) is 11.0. The molecule has 1 aromatic rings. The number of benzene rings is 1. The summed E-state index contributed by atoms with van der Waals surface area (Å²) in [5.41, 5.74) is -2.43. The molecule has 0 aromatic heterocycles. The van der Waals surface area contributed by atoms with E-state index in [0.717, 1.165) is 12.5 Å². The lowest BCUT2D eigenvalue weighted by atomic mass is 9.69. The first-order chi connectivity index (χ1) is 9.68. The van der Waals surface area contributed by atoms with Crippen LogP contribution in [0.3, 0.4) is 0 Å². The largest absolute Gasteiger partial charge is 0.506 e. The number of carboxylic acid groups (broad SMARTS) is 1. The quantitative estimate of drug-likeness (QED) is 0.812. The Morgan fingerprint density at radius 1 is 1.19 bits per heavy atom. The van der Waals surface area contributed by atoms with Crippen molar-refractivity contribution in [2.45, 2.75) is 43.7 Å². The van der Waals surface area contributed by atoms with Crippen LogP contribution >= 0.6 is 15.9 Å². The second kappa shape index (κ2) is 5.51. The highest BCUT2D eigenvalue weighted by Crippen LogP contribution is 2.46. The highest BCUT2D eigenvalue weighted by Gasteiger charge is 2.44. The van der Waals surface area contributed by atoms with Crippen LogP contribution in [0.4, 0.5) is 13.2 Å². The fourth-order valence-electron chi connectivity index (χ4n) is 2.87. The minimum atomic E-state index is -4.74. The van der Waals surface area contributed by atoms with E-state index in [0.29, 0.717) is 25.7 Å². The van der Waals surface area contributed by atoms with E-state index < -0.39 is 28.9 Å². The number of halogens is 4. The van der Waals surface area contributed by atoms with Crippen molar-refractivity contribution in [3.05, 3.63) is 27.7 Å². The average molecular weight is 367 g/mol. The number of phenols is 1. The van der Waals surface area contributed by atoms with Gasteiger partial charge >= 0.3 is 12.1 Å². The third-order valence-electron chi connectivity index (χ3n) is 4.04. The molecule has 0 amide bonds. The summed E-state index contributed by atoms with van der Waals surface area (Å²) in [6.45, 7) is 0. The number of phenolic OH excluding ortho intramolecular Hbond substituents is 1. The molecule has 3 nitrogen and oxygen atoms in total. The van der Waals surface area contributed by atoms with E-state index in [9.17, 15) is 28.2 Å². The van der Waals surface area contributed by atoms with Gasteiger partial charge in [-0.25, -0.2) is 0 Å². The van der Waals surface area contributed by atoms with Gasteiger partial charge in [0.25, 0.3) is 0 Å². The fraction of sp³-hybridized carbons (Fsp3) is 0.500. The van der Waals surface area contributed by atoms with E-state index in [1.54, 1.807) is 0 Å². The van der Waals surface area contributed by atoms with Crippen LogP contribution in [0.1, 0.15) is 43.2 Å². The highest BCUT2D eigenvalue weighted by molar-refractivity contribution is 9.10. The van der Waals surface area contributed by atoms with E-state index >= 15 is 0 Å². The molecule has 1 aliphatic rings. The van der Waals surface area contributed by atoms with Gasteiger partial charge in [-0.1, -0.05) is 19.3 Å². The molecule has 0 aliphatic heterocycles. The first-order valence-corrected chi connectivity index (χ1v) is 7.31. The van der Waals surface area contributed by atoms with E-state index in [1.165, 1.54) is 6.07 Å². The fourth-order valence-corrected chi connectivity index (χ4v) is 3.33. The molecule has 0 bridgehead atoms. The van der Waals surface area contributed by atoms with Crippen molar-refractivity contribution in [3.63, 3.8) is 0 Å². The minimum Gasteiger partial charge on any atom is -0.506 e. The van der Waals surface area contributed by atoms with Crippen LogP contribution in [0.25, 0.3) is 0 Å². The summed E-state index contributed by atoms with van der Waals surface area (Å²) < 4.78 is 38.8. The lowest BCUT2D eigenvalue weighted by Crippen LogP contribution is -2.38. The predicted molar refractivity (Wildman–Crippen MR) is 73.2 cm³/mol. The Hall–Kier alpha value is -1.24. The van der Waals surface area contributed by atoms with Crippen molar-refractivity contribution in [1.82, 2.24) is 0 Å². The summed E-state index contributed by atoms with van der Waals surface area (Å²) in [7, 11) is 0. The monoisotopic (exact) mass is 366 g/mol. The predicted octanol–water partition coefficient (Wildman–Crippen LogP) is 4.46. The summed E-state index contributed by atoms with van der Waals surface area (Å²) in [6, 6.07) is 2.05. The molecule has 0 spiro atoms. The smallest absolute Gasteiger partial charge is 0.420 e. The molecule has 1 aliphatic carbocycles. The van der Waals surface area contributed by atoms with Gasteiger partial charge in [0.15, 0.2) is 0 Å². The number of hydrogen-bond acceptors (Lipinski definition) is 2. The molecular weight excluding hydrogens is 353 g/mol. The third kappa shape index (κ3) is 2.88. The zero-order chi connectivity index (χ0) is 15.8. The summed E-state index contributed by atoms with van der Waals surface area (Å²) in [6.07, 6.45) is -1.94. The van der Waals surface area contributed by atoms with Crippen molar-refractivity contribution >= 4 is 21.9 Å². The number of aromatic hydroxyl groups is 1. The molecule has 1 fully saturated rings. The number of carbonyl (C=O) groups is 1. The molecular formula is C14H14BrF3O3. The number of rotatable bonds is 2. The van der Waals surface area contributed by atoms with Gasteiger partial charge in [0.05, 0.1) is 15.5 Å². The van der Waals surface area contributed by atoms with Crippen molar-refractivity contribution in [3.8, 4) is 5.75 Å². The van der Waals surface area contributed by atoms with E-state index in [2.05, 4.69) is 15.9 Å². The van der Waals surface area contributed by atoms with Gasteiger partial charge in [-0.15, -0.1) is 0 Å². The zero-order valence-corrected chi connectivity index (χ0v) is 12.6. The Morgan fingerprint density at radius 2 is 1.76 bits per heavy atom. The lowest BCUT2D eigenvalue weighted by molar-refractivity contribution is -0.146. The maximum atomic E-state index is 13.0. The lowest BCUT2D eigenvalue weighted by Gasteiger charge is -2.34. The van der Waals surface area contributed by atoms with Crippen LogP contribution in [0.5, 0.6) is 5.75 Å². The SMILES string of the molecule is O=C(O)C1(c2cc(Br)c(O)c(C(F)(F)F)c2)CCCCC1. The van der Waals surface area contributed by atoms with Crippen LogP contribution in [0, 0.1) is 0 Å². The first kappa shape index (κ1) is 16.1. The molecule has 0 unspecified atom stereocenters. The molecule has 21 heavy (non-hydrogen) atoms. The summed E-state index contributed by atoms with van der Waals surface area (Å²) in [5.74, 6) is -2.03. The molecule has 116 valence electrons. The first-order valence-electron chi connectivity index (χ1n) is 6.52. The van der Waals surface area contributed by atoms with E-state index in [4.69, 9.17) is 0 Å². The summed E-state index contributed by atoms with van der Waals surface area (Å²) in [5, 5.41) is 19.1. The molecule has 7 heteroatoms. The number of aliphatic carboxylic acids is 1. The van der Waals surface area contributed by atoms with E-state index in [1.807, 2.05) is 0 Å².